The molecule has 0 saturated heterocycles. The molecule has 1 aromatic heterocycles. The molecule has 2 aromatic rings. The third-order valence-corrected chi connectivity index (χ3v) is 4.22. The van der Waals surface area contributed by atoms with Gasteiger partial charge in [0.25, 0.3) is 0 Å². The summed E-state index contributed by atoms with van der Waals surface area (Å²) in [4.78, 5) is 6.64. The van der Waals surface area contributed by atoms with Crippen molar-refractivity contribution in [1.29, 1.82) is 0 Å². The van der Waals surface area contributed by atoms with Gasteiger partial charge in [0, 0.05) is 18.8 Å². The van der Waals surface area contributed by atoms with Gasteiger partial charge >= 0.3 is 0 Å². The van der Waals surface area contributed by atoms with Gasteiger partial charge < -0.3 is 10.2 Å². The average molecular weight is 297 g/mol. The SMILES string of the molecule is CN(c1ccccc1)c1cnnc(NC2CCCCCC2)n1. The molecule has 22 heavy (non-hydrogen) atoms. The topological polar surface area (TPSA) is 53.9 Å². The van der Waals surface area contributed by atoms with Crippen molar-refractivity contribution in [3.63, 3.8) is 0 Å². The lowest BCUT2D eigenvalue weighted by atomic mass is 10.1. The Morgan fingerprint density at radius 3 is 2.50 bits per heavy atom. The van der Waals surface area contributed by atoms with Gasteiger partial charge in [-0.2, -0.15) is 10.1 Å². The molecule has 1 aliphatic carbocycles. The van der Waals surface area contributed by atoms with E-state index < -0.39 is 0 Å². The van der Waals surface area contributed by atoms with Crippen molar-refractivity contribution in [2.45, 2.75) is 44.6 Å². The monoisotopic (exact) mass is 297 g/mol. The smallest absolute Gasteiger partial charge is 0.244 e. The summed E-state index contributed by atoms with van der Waals surface area (Å²) in [5, 5.41) is 11.7. The standard InChI is InChI=1S/C17H23N5/c1-22(15-11-7-4-8-12-15)16-13-18-21-17(20-16)19-14-9-5-2-3-6-10-14/h4,7-8,11-14H,2-3,5-6,9-10H2,1H3,(H,19,20,21). The van der Waals surface area contributed by atoms with Crippen LogP contribution >= 0.6 is 0 Å². The van der Waals surface area contributed by atoms with Crippen LogP contribution in [0.2, 0.25) is 0 Å². The molecule has 1 N–H and O–H groups in total. The van der Waals surface area contributed by atoms with E-state index in [1.54, 1.807) is 6.20 Å². The molecule has 0 spiro atoms. The predicted molar refractivity (Wildman–Crippen MR) is 89.4 cm³/mol. The Kier molecular flexibility index (Phi) is 4.83. The molecule has 0 atom stereocenters. The van der Waals surface area contributed by atoms with Crippen LogP contribution in [0.4, 0.5) is 17.5 Å². The molecular weight excluding hydrogens is 274 g/mol. The maximum Gasteiger partial charge on any atom is 0.244 e. The van der Waals surface area contributed by atoms with Gasteiger partial charge in [0.2, 0.25) is 5.95 Å². The third-order valence-electron chi connectivity index (χ3n) is 4.22. The molecule has 5 nitrogen and oxygen atoms in total. The largest absolute Gasteiger partial charge is 0.350 e. The first-order valence-electron chi connectivity index (χ1n) is 8.08. The lowest BCUT2D eigenvalue weighted by molar-refractivity contribution is 0.613. The molecule has 1 aliphatic rings. The minimum absolute atomic E-state index is 0.474. The highest BCUT2D eigenvalue weighted by Crippen LogP contribution is 2.22. The molecule has 5 heteroatoms. The highest BCUT2D eigenvalue weighted by atomic mass is 15.3. The van der Waals surface area contributed by atoms with Gasteiger partial charge in [0.1, 0.15) is 0 Å². The molecule has 0 bridgehead atoms. The van der Waals surface area contributed by atoms with Crippen molar-refractivity contribution < 1.29 is 0 Å². The molecule has 1 heterocycles. The number of rotatable bonds is 4. The first-order chi connectivity index (χ1) is 10.8. The number of nitrogens with zero attached hydrogens (tertiary/aromatic N) is 4. The summed E-state index contributed by atoms with van der Waals surface area (Å²) >= 11 is 0. The zero-order valence-corrected chi connectivity index (χ0v) is 13.1. The first kappa shape index (κ1) is 14.8. The lowest BCUT2D eigenvalue weighted by Gasteiger charge is -2.20. The second-order valence-electron chi connectivity index (χ2n) is 5.87. The van der Waals surface area contributed by atoms with Gasteiger partial charge in [-0.3, -0.25) is 0 Å². The fraction of sp³-hybridized carbons (Fsp3) is 0.471. The second-order valence-corrected chi connectivity index (χ2v) is 5.87. The van der Waals surface area contributed by atoms with Crippen LogP contribution in [0, 0.1) is 0 Å². The molecule has 0 amide bonds. The fourth-order valence-electron chi connectivity index (χ4n) is 2.91. The Labute approximate surface area is 131 Å². The molecule has 0 aliphatic heterocycles. The number of benzene rings is 1. The summed E-state index contributed by atoms with van der Waals surface area (Å²) in [6, 6.07) is 10.6. The zero-order valence-electron chi connectivity index (χ0n) is 13.1. The van der Waals surface area contributed by atoms with Crippen LogP contribution in [0.1, 0.15) is 38.5 Å². The van der Waals surface area contributed by atoms with Crippen molar-refractivity contribution >= 4 is 17.5 Å². The molecule has 1 aromatic carbocycles. The number of hydrogen-bond acceptors (Lipinski definition) is 5. The Morgan fingerprint density at radius 2 is 1.77 bits per heavy atom. The van der Waals surface area contributed by atoms with Gasteiger partial charge in [0.15, 0.2) is 5.82 Å². The van der Waals surface area contributed by atoms with Crippen molar-refractivity contribution in [2.24, 2.45) is 0 Å². The summed E-state index contributed by atoms with van der Waals surface area (Å²) in [6.07, 6.45) is 9.35. The summed E-state index contributed by atoms with van der Waals surface area (Å²) in [5.41, 5.74) is 1.09. The van der Waals surface area contributed by atoms with Crippen molar-refractivity contribution in [2.75, 3.05) is 17.3 Å². The van der Waals surface area contributed by atoms with E-state index in [9.17, 15) is 0 Å². The van der Waals surface area contributed by atoms with Crippen molar-refractivity contribution in [1.82, 2.24) is 15.2 Å². The number of nitrogens with one attached hydrogen (secondary N) is 1. The summed E-state index contributed by atoms with van der Waals surface area (Å²) in [5.74, 6) is 1.43. The first-order valence-corrected chi connectivity index (χ1v) is 8.08. The van der Waals surface area contributed by atoms with Crippen LogP contribution in [0.25, 0.3) is 0 Å². The maximum absolute atomic E-state index is 4.61. The van der Waals surface area contributed by atoms with E-state index in [2.05, 4.69) is 32.6 Å². The molecule has 1 saturated carbocycles. The molecule has 116 valence electrons. The second kappa shape index (κ2) is 7.20. The van der Waals surface area contributed by atoms with E-state index in [0.29, 0.717) is 12.0 Å². The minimum atomic E-state index is 0.474. The number of para-hydroxylation sites is 1. The Hall–Kier alpha value is -2.17. The predicted octanol–water partition coefficient (Wildman–Crippen LogP) is 3.77. The van der Waals surface area contributed by atoms with Crippen LogP contribution in [-0.4, -0.2) is 28.3 Å². The summed E-state index contributed by atoms with van der Waals surface area (Å²) < 4.78 is 0. The van der Waals surface area contributed by atoms with Crippen molar-refractivity contribution in [3.8, 4) is 0 Å². The van der Waals surface area contributed by atoms with Gasteiger partial charge in [-0.05, 0) is 25.0 Å². The van der Waals surface area contributed by atoms with Crippen LogP contribution in [0.5, 0.6) is 0 Å². The van der Waals surface area contributed by atoms with Crippen LogP contribution < -0.4 is 10.2 Å². The Bertz CT molecular complexity index is 579. The maximum atomic E-state index is 4.61. The third kappa shape index (κ3) is 3.72. The Morgan fingerprint density at radius 1 is 1.05 bits per heavy atom. The quantitative estimate of drug-likeness (QED) is 0.870. The Balaban J connectivity index is 1.72. The summed E-state index contributed by atoms with van der Waals surface area (Å²) in [6.45, 7) is 0. The van der Waals surface area contributed by atoms with E-state index >= 15 is 0 Å². The van der Waals surface area contributed by atoms with E-state index in [1.807, 2.05) is 30.1 Å². The van der Waals surface area contributed by atoms with Gasteiger partial charge in [-0.15, -0.1) is 5.10 Å². The van der Waals surface area contributed by atoms with E-state index in [4.69, 9.17) is 0 Å². The summed E-state index contributed by atoms with van der Waals surface area (Å²) in [7, 11) is 1.99. The number of hydrogen-bond donors (Lipinski definition) is 1. The lowest BCUT2D eigenvalue weighted by Crippen LogP contribution is -2.21. The van der Waals surface area contributed by atoms with E-state index in [-0.39, 0.29) is 0 Å². The van der Waals surface area contributed by atoms with Crippen LogP contribution in [0.15, 0.2) is 36.5 Å². The highest BCUT2D eigenvalue weighted by molar-refractivity contribution is 5.58. The zero-order chi connectivity index (χ0) is 15.2. The van der Waals surface area contributed by atoms with Gasteiger partial charge in [-0.25, -0.2) is 0 Å². The fourth-order valence-corrected chi connectivity index (χ4v) is 2.91. The number of aromatic nitrogens is 3. The molecule has 3 rings (SSSR count). The average Bonchev–Trinajstić information content (AvgIpc) is 2.84. The normalized spacial score (nSPS) is 16.0. The van der Waals surface area contributed by atoms with Crippen LogP contribution in [0.3, 0.4) is 0 Å². The molecule has 0 radical (unpaired) electrons. The molecular formula is C17H23N5. The molecule has 0 unspecified atom stereocenters. The van der Waals surface area contributed by atoms with Crippen LogP contribution in [-0.2, 0) is 0 Å². The molecule has 1 fully saturated rings. The highest BCUT2D eigenvalue weighted by Gasteiger charge is 2.14. The van der Waals surface area contributed by atoms with Gasteiger partial charge in [-0.1, -0.05) is 43.9 Å². The van der Waals surface area contributed by atoms with E-state index in [0.717, 1.165) is 11.5 Å². The van der Waals surface area contributed by atoms with Crippen molar-refractivity contribution in [3.05, 3.63) is 36.5 Å². The number of anilines is 3. The minimum Gasteiger partial charge on any atom is -0.350 e. The van der Waals surface area contributed by atoms with Gasteiger partial charge in [0.05, 0.1) is 6.20 Å². The van der Waals surface area contributed by atoms with E-state index in [1.165, 1.54) is 38.5 Å².